The third-order valence-electron chi connectivity index (χ3n) is 0.211. The van der Waals surface area contributed by atoms with Crippen LogP contribution in [0.3, 0.4) is 0 Å². The van der Waals surface area contributed by atoms with Gasteiger partial charge in [0.2, 0.25) is 6.41 Å². The number of rotatable bonds is 1. The Hall–Kier alpha value is -1.37. The standard InChI is InChI=1S/C3H7NO.C3H6O.C2H3N/c1-4(2)3-5;1-3(2)4;1-2-3/h3H,1-2H3;1-2H3;1H3. The lowest BCUT2D eigenvalue weighted by molar-refractivity contribution is -0.116. The summed E-state index contributed by atoms with van der Waals surface area (Å²) in [6.07, 6.45) is 0.750. The van der Waals surface area contributed by atoms with Gasteiger partial charge in [-0.2, -0.15) is 5.26 Å². The molecule has 0 fully saturated rings. The van der Waals surface area contributed by atoms with E-state index >= 15 is 0 Å². The van der Waals surface area contributed by atoms with Crippen LogP contribution in [0.15, 0.2) is 0 Å². The molecule has 1 amide bonds. The van der Waals surface area contributed by atoms with Gasteiger partial charge in [0.25, 0.3) is 0 Å². The first-order valence-corrected chi connectivity index (χ1v) is 3.32. The molecule has 0 aliphatic heterocycles. The molecule has 0 bridgehead atoms. The molecule has 0 saturated carbocycles. The molecule has 0 unspecified atom stereocenters. The molecule has 0 N–H and O–H groups in total. The van der Waals surface area contributed by atoms with Crippen molar-refractivity contribution in [3.8, 4) is 6.07 Å². The third-order valence-corrected chi connectivity index (χ3v) is 0.211. The normalized spacial score (nSPS) is 5.67. The molecule has 0 radical (unpaired) electrons. The second-order valence-electron chi connectivity index (χ2n) is 2.20. The maximum absolute atomic E-state index is 9.44. The van der Waals surface area contributed by atoms with Gasteiger partial charge >= 0.3 is 0 Å². The summed E-state index contributed by atoms with van der Waals surface area (Å²) >= 11 is 0. The molecule has 0 aromatic heterocycles. The van der Waals surface area contributed by atoms with E-state index in [2.05, 4.69) is 0 Å². The summed E-state index contributed by atoms with van der Waals surface area (Å²) in [4.78, 5) is 20.3. The van der Waals surface area contributed by atoms with E-state index in [0.717, 1.165) is 6.41 Å². The molecule has 0 rings (SSSR count). The van der Waals surface area contributed by atoms with Crippen LogP contribution in [0.5, 0.6) is 0 Å². The van der Waals surface area contributed by atoms with E-state index in [1.165, 1.54) is 25.7 Å². The third kappa shape index (κ3) is 1270. The SMILES string of the molecule is CC#N.CC(C)=O.CN(C)C=O. The number of hydrogen-bond acceptors (Lipinski definition) is 3. The first-order chi connectivity index (χ1) is 5.42. The van der Waals surface area contributed by atoms with E-state index in [1.807, 2.05) is 0 Å². The molecule has 4 nitrogen and oxygen atoms in total. The summed E-state index contributed by atoms with van der Waals surface area (Å²) in [7, 11) is 3.38. The van der Waals surface area contributed by atoms with Crippen molar-refractivity contribution in [2.75, 3.05) is 14.1 Å². The molecular weight excluding hydrogens is 156 g/mol. The fourth-order valence-corrected chi connectivity index (χ4v) is 0. The van der Waals surface area contributed by atoms with Crippen LogP contribution in [0, 0.1) is 11.3 Å². The van der Waals surface area contributed by atoms with E-state index in [4.69, 9.17) is 5.26 Å². The van der Waals surface area contributed by atoms with Gasteiger partial charge in [0, 0.05) is 21.0 Å². The van der Waals surface area contributed by atoms with Gasteiger partial charge in [-0.15, -0.1) is 0 Å². The fourth-order valence-electron chi connectivity index (χ4n) is 0. The Morgan fingerprint density at radius 1 is 1.42 bits per heavy atom. The summed E-state index contributed by atoms with van der Waals surface area (Å²) in [6.45, 7) is 4.49. The highest BCUT2D eigenvalue weighted by atomic mass is 16.1. The fraction of sp³-hybridized carbons (Fsp3) is 0.625. The lowest BCUT2D eigenvalue weighted by Crippen LogP contribution is -2.06. The second kappa shape index (κ2) is 16.3. The van der Waals surface area contributed by atoms with Crippen molar-refractivity contribution in [2.24, 2.45) is 0 Å². The molecule has 12 heavy (non-hydrogen) atoms. The van der Waals surface area contributed by atoms with Crippen molar-refractivity contribution in [3.05, 3.63) is 0 Å². The Balaban J connectivity index is -0.000000105. The molecule has 0 aromatic rings. The number of Topliss-reactive ketones (excluding diaryl/α,β-unsaturated/α-hetero) is 1. The van der Waals surface area contributed by atoms with Crippen molar-refractivity contribution in [1.29, 1.82) is 5.26 Å². The molecule has 0 aliphatic carbocycles. The lowest BCUT2D eigenvalue weighted by Gasteiger charge is -1.93. The van der Waals surface area contributed by atoms with Gasteiger partial charge in [0.05, 0.1) is 6.07 Å². The van der Waals surface area contributed by atoms with Crippen LogP contribution in [-0.4, -0.2) is 31.2 Å². The van der Waals surface area contributed by atoms with Gasteiger partial charge in [-0.25, -0.2) is 0 Å². The summed E-state index contributed by atoms with van der Waals surface area (Å²) < 4.78 is 0. The first kappa shape index (κ1) is 16.9. The summed E-state index contributed by atoms with van der Waals surface area (Å²) in [5.41, 5.74) is 0. The molecule has 0 heterocycles. The quantitative estimate of drug-likeness (QED) is 0.550. The molecule has 70 valence electrons. The molecule has 0 aliphatic rings. The van der Waals surface area contributed by atoms with E-state index in [1.54, 1.807) is 20.2 Å². The zero-order valence-electron chi connectivity index (χ0n) is 8.29. The van der Waals surface area contributed by atoms with E-state index < -0.39 is 0 Å². The predicted octanol–water partition coefficient (Wildman–Crippen LogP) is 0.830. The van der Waals surface area contributed by atoms with E-state index in [9.17, 15) is 9.59 Å². The predicted molar refractivity (Wildman–Crippen MR) is 47.4 cm³/mol. The Labute approximate surface area is 73.8 Å². The van der Waals surface area contributed by atoms with Crippen molar-refractivity contribution >= 4 is 12.2 Å². The number of amides is 1. The van der Waals surface area contributed by atoms with Crippen molar-refractivity contribution in [3.63, 3.8) is 0 Å². The molecule has 0 spiro atoms. The maximum Gasteiger partial charge on any atom is 0.209 e. The number of carbonyl (C=O) groups is 2. The largest absolute Gasteiger partial charge is 0.351 e. The summed E-state index contributed by atoms with van der Waals surface area (Å²) in [5.74, 6) is 0.167. The lowest BCUT2D eigenvalue weighted by atomic mass is 10.6. The van der Waals surface area contributed by atoms with Crippen LogP contribution in [0.1, 0.15) is 20.8 Å². The number of carbonyl (C=O) groups excluding carboxylic acids is 2. The topological polar surface area (TPSA) is 61.2 Å². The van der Waals surface area contributed by atoms with E-state index in [0.29, 0.717) is 0 Å². The van der Waals surface area contributed by atoms with Crippen LogP contribution < -0.4 is 0 Å². The van der Waals surface area contributed by atoms with Gasteiger partial charge in [-0.1, -0.05) is 0 Å². The van der Waals surface area contributed by atoms with Crippen LogP contribution in [0.2, 0.25) is 0 Å². The number of hydrogen-bond donors (Lipinski definition) is 0. The van der Waals surface area contributed by atoms with Gasteiger partial charge in [0.1, 0.15) is 5.78 Å². The number of nitriles is 1. The second-order valence-corrected chi connectivity index (χ2v) is 2.20. The molecule has 0 aromatic carbocycles. The Morgan fingerprint density at radius 2 is 1.50 bits per heavy atom. The summed E-state index contributed by atoms with van der Waals surface area (Å²) in [6, 6.07) is 1.75. The first-order valence-electron chi connectivity index (χ1n) is 3.32. The molecule has 0 saturated heterocycles. The molecular formula is C8H16N2O2. The minimum atomic E-state index is 0.167. The number of ketones is 1. The monoisotopic (exact) mass is 172 g/mol. The highest BCUT2D eigenvalue weighted by Gasteiger charge is 1.68. The number of nitrogens with zero attached hydrogens (tertiary/aromatic N) is 2. The minimum absolute atomic E-state index is 0.167. The average Bonchev–Trinajstić information content (AvgIpc) is 1.88. The Bertz CT molecular complexity index is 144. The molecule has 4 heteroatoms. The van der Waals surface area contributed by atoms with Crippen LogP contribution in [0.25, 0.3) is 0 Å². The highest BCUT2D eigenvalue weighted by molar-refractivity contribution is 5.72. The van der Waals surface area contributed by atoms with Crippen molar-refractivity contribution in [2.45, 2.75) is 20.8 Å². The van der Waals surface area contributed by atoms with Crippen molar-refractivity contribution in [1.82, 2.24) is 4.90 Å². The molecule has 0 atom stereocenters. The highest BCUT2D eigenvalue weighted by Crippen LogP contribution is 1.52. The van der Waals surface area contributed by atoms with Crippen LogP contribution in [0.4, 0.5) is 0 Å². The van der Waals surface area contributed by atoms with Crippen molar-refractivity contribution < 1.29 is 9.59 Å². The van der Waals surface area contributed by atoms with E-state index in [-0.39, 0.29) is 5.78 Å². The van der Waals surface area contributed by atoms with Crippen LogP contribution >= 0.6 is 0 Å². The Morgan fingerprint density at radius 3 is 1.50 bits per heavy atom. The van der Waals surface area contributed by atoms with Gasteiger partial charge in [-0.05, 0) is 13.8 Å². The maximum atomic E-state index is 9.44. The van der Waals surface area contributed by atoms with Gasteiger partial charge < -0.3 is 9.69 Å². The smallest absolute Gasteiger partial charge is 0.209 e. The minimum Gasteiger partial charge on any atom is -0.351 e. The average molecular weight is 172 g/mol. The van der Waals surface area contributed by atoms with Gasteiger partial charge in [0.15, 0.2) is 0 Å². The zero-order chi connectivity index (χ0) is 10.6. The summed E-state index contributed by atoms with van der Waals surface area (Å²) in [5, 5.41) is 7.32. The van der Waals surface area contributed by atoms with Gasteiger partial charge in [-0.3, -0.25) is 4.79 Å². The Kier molecular flexibility index (Phi) is 23.0. The zero-order valence-corrected chi connectivity index (χ0v) is 8.29. The van der Waals surface area contributed by atoms with Crippen LogP contribution in [-0.2, 0) is 9.59 Å².